The molecule has 6 aliphatic rings. The summed E-state index contributed by atoms with van der Waals surface area (Å²) in [4.78, 5) is 39.3. The summed E-state index contributed by atoms with van der Waals surface area (Å²) in [5, 5.41) is 38.0. The van der Waals surface area contributed by atoms with E-state index in [9.17, 15) is 20.1 Å². The van der Waals surface area contributed by atoms with Gasteiger partial charge in [0.2, 0.25) is 0 Å². The minimum Gasteiger partial charge on any atom is -0.496 e. The van der Waals surface area contributed by atoms with E-state index in [1.54, 1.807) is 7.11 Å². The molecular weight excluding hydrogens is 699 g/mol. The van der Waals surface area contributed by atoms with Crippen LogP contribution < -0.4 is 15.4 Å². The summed E-state index contributed by atoms with van der Waals surface area (Å²) in [5.41, 5.74) is 4.72. The van der Waals surface area contributed by atoms with Crippen LogP contribution in [0.5, 0.6) is 5.75 Å². The number of piperidine rings is 1. The lowest BCUT2D eigenvalue weighted by Crippen LogP contribution is -2.81. The number of esters is 1. The van der Waals surface area contributed by atoms with Gasteiger partial charge in [-0.15, -0.1) is 0 Å². The number of nitrogens with two attached hydrogens (primary N) is 1. The van der Waals surface area contributed by atoms with Crippen LogP contribution in [0.1, 0.15) is 68.3 Å². The maximum Gasteiger partial charge on any atom is 0.322 e. The van der Waals surface area contributed by atoms with Gasteiger partial charge in [-0.25, -0.2) is 0 Å². The molecule has 6 N–H and O–H groups in total. The lowest BCUT2D eigenvalue weighted by atomic mass is 9.47. The molecule has 12 nitrogen and oxygen atoms in total. The Hall–Kier alpha value is -3.94. The van der Waals surface area contributed by atoms with Crippen molar-refractivity contribution in [1.82, 2.24) is 14.8 Å². The summed E-state index contributed by atoms with van der Waals surface area (Å²) in [5.74, 6) is -1.00. The van der Waals surface area contributed by atoms with E-state index in [-0.39, 0.29) is 12.0 Å². The molecule has 1 saturated carbocycles. The third-order valence-electron chi connectivity index (χ3n) is 15.2. The van der Waals surface area contributed by atoms with E-state index in [0.29, 0.717) is 69.5 Å². The van der Waals surface area contributed by atoms with E-state index < -0.39 is 51.5 Å². The highest BCUT2D eigenvalue weighted by Crippen LogP contribution is 2.67. The number of H-pyrrole nitrogens is 1. The number of ether oxygens (including phenoxy) is 2. The van der Waals surface area contributed by atoms with Gasteiger partial charge in [-0.3, -0.25) is 19.4 Å². The van der Waals surface area contributed by atoms with Gasteiger partial charge in [-0.1, -0.05) is 44.2 Å². The Morgan fingerprint density at radius 1 is 1.04 bits per heavy atom. The van der Waals surface area contributed by atoms with Crippen molar-refractivity contribution in [3.05, 3.63) is 70.9 Å². The number of carbonyl (C=O) groups is 2. The highest BCUT2D eigenvalue weighted by molar-refractivity contribution is 5.95. The first-order chi connectivity index (χ1) is 26.3. The van der Waals surface area contributed by atoms with Gasteiger partial charge < -0.3 is 40.4 Å². The van der Waals surface area contributed by atoms with Gasteiger partial charge in [0.1, 0.15) is 17.3 Å². The Kier molecular flexibility index (Phi) is 8.19. The number of aliphatic hydroxyl groups is 3. The van der Waals surface area contributed by atoms with Crippen LogP contribution in [-0.2, 0) is 31.6 Å². The Bertz CT molecular complexity index is 2120. The number of nitrogens with one attached hydrogen (secondary N) is 1. The zero-order valence-corrected chi connectivity index (χ0v) is 32.6. The monoisotopic (exact) mass is 753 g/mol. The van der Waals surface area contributed by atoms with E-state index in [1.165, 1.54) is 7.11 Å². The number of likely N-dealkylation sites (N-methyl/N-ethyl adjacent to an activating group) is 1. The minimum atomic E-state index is -2.30. The fourth-order valence-corrected chi connectivity index (χ4v) is 13.1. The number of rotatable bonds is 6. The van der Waals surface area contributed by atoms with Crippen molar-refractivity contribution in [3.63, 3.8) is 0 Å². The Morgan fingerprint density at radius 2 is 1.82 bits per heavy atom. The molecule has 1 aliphatic carbocycles. The molecule has 9 rings (SSSR count). The first-order valence-electron chi connectivity index (χ1n) is 20.0. The summed E-state index contributed by atoms with van der Waals surface area (Å²) in [6.07, 6.45) is 5.78. The maximum absolute atomic E-state index is 15.2. The molecule has 1 amide bonds. The fraction of sp³-hybridized carbons (Fsp3) is 0.581. The van der Waals surface area contributed by atoms with Crippen molar-refractivity contribution in [2.75, 3.05) is 58.9 Å². The largest absolute Gasteiger partial charge is 0.496 e. The molecule has 2 bridgehead atoms. The van der Waals surface area contributed by atoms with Crippen molar-refractivity contribution >= 4 is 28.5 Å². The zero-order chi connectivity index (χ0) is 38.9. The SMILES string of the molecule is CC[C@]1(O)C[C@H]2CN(CCc3c([nH]c4ccccc34)[C@](C(=O)OC)(c3cc4c(cc3OC)N(C)[C@@H]3[C@](O)(C(N)=O)[C@H](O)[C@]5(CC)C=CCN6CC[C@@]43[C@H]65)C2)C1. The van der Waals surface area contributed by atoms with Gasteiger partial charge in [0.25, 0.3) is 5.91 Å². The second kappa shape index (κ2) is 12.3. The quantitative estimate of drug-likeness (QED) is 0.187. The van der Waals surface area contributed by atoms with Crippen molar-refractivity contribution < 1.29 is 34.4 Å². The van der Waals surface area contributed by atoms with E-state index in [1.807, 2.05) is 62.2 Å². The number of methoxy groups -OCH3 is 2. The van der Waals surface area contributed by atoms with Gasteiger partial charge in [0.15, 0.2) is 5.60 Å². The molecule has 3 aromatic rings. The van der Waals surface area contributed by atoms with Gasteiger partial charge in [-0.2, -0.15) is 0 Å². The highest BCUT2D eigenvalue weighted by atomic mass is 16.5. The van der Waals surface area contributed by atoms with E-state index >= 15 is 4.79 Å². The number of fused-ring (bicyclic) bond motifs is 6. The molecule has 6 heterocycles. The molecule has 10 atom stereocenters. The summed E-state index contributed by atoms with van der Waals surface area (Å²) in [6.45, 7) is 7.39. The predicted molar refractivity (Wildman–Crippen MR) is 208 cm³/mol. The molecule has 2 aromatic carbocycles. The van der Waals surface area contributed by atoms with Crippen molar-refractivity contribution in [2.24, 2.45) is 17.1 Å². The molecule has 5 aliphatic heterocycles. The average molecular weight is 754 g/mol. The number of para-hydroxylation sites is 1. The number of benzene rings is 2. The second-order valence-corrected chi connectivity index (χ2v) is 17.5. The number of hydrogen-bond donors (Lipinski definition) is 5. The Balaban J connectivity index is 1.36. The Morgan fingerprint density at radius 3 is 2.53 bits per heavy atom. The predicted octanol–water partition coefficient (Wildman–Crippen LogP) is 2.73. The topological polar surface area (TPSA) is 165 Å². The lowest BCUT2D eigenvalue weighted by Gasteiger charge is -2.63. The van der Waals surface area contributed by atoms with E-state index in [4.69, 9.17) is 15.2 Å². The normalized spacial score (nSPS) is 39.0. The number of aromatic amines is 1. The lowest BCUT2D eigenvalue weighted by molar-refractivity contribution is -0.201. The fourth-order valence-electron chi connectivity index (χ4n) is 13.1. The van der Waals surface area contributed by atoms with Crippen LogP contribution in [0.2, 0.25) is 0 Å². The van der Waals surface area contributed by atoms with Crippen LogP contribution >= 0.6 is 0 Å². The van der Waals surface area contributed by atoms with Crippen molar-refractivity contribution in [3.8, 4) is 5.75 Å². The molecule has 2 saturated heterocycles. The molecule has 12 heteroatoms. The number of nitrogens with zero attached hydrogens (tertiary/aromatic N) is 3. The van der Waals surface area contributed by atoms with Crippen molar-refractivity contribution in [2.45, 2.75) is 92.6 Å². The molecule has 294 valence electrons. The smallest absolute Gasteiger partial charge is 0.322 e. The molecule has 1 spiro atoms. The summed E-state index contributed by atoms with van der Waals surface area (Å²) in [6, 6.07) is 11.0. The number of hydrogen-bond acceptors (Lipinski definition) is 10. The third kappa shape index (κ3) is 4.51. The molecule has 0 radical (unpaired) electrons. The van der Waals surface area contributed by atoms with Crippen LogP contribution in [0.25, 0.3) is 10.9 Å². The standard InChI is InChI=1S/C43H55N5O7/c1-6-39(52)21-25-22-42(38(51)55-5,33-27(13-17-47(23-25)24-39)26-11-8-9-12-30(26)45-33)29-19-28-31(20-32(29)54-4)46(3)35-41(28)15-18-48-16-10-14-40(7-2,34(41)48)36(49)43(35,53)37(44)50/h8-12,14,19-20,25,34-36,45,49,52-53H,6-7,13,15-18,21-24H2,1-5H3,(H2,44,50)/t25-,34-,35+,36-,39+,40-,41+,42-,43-/m1/s1. The zero-order valence-electron chi connectivity index (χ0n) is 32.6. The first-order valence-corrected chi connectivity index (χ1v) is 20.0. The molecule has 1 unspecified atom stereocenters. The van der Waals surface area contributed by atoms with Crippen LogP contribution in [0, 0.1) is 11.3 Å². The number of aromatic nitrogens is 1. The molecule has 55 heavy (non-hydrogen) atoms. The van der Waals surface area contributed by atoms with Gasteiger partial charge in [-0.05, 0) is 74.2 Å². The number of carbonyl (C=O) groups excluding carboxylic acids is 2. The van der Waals surface area contributed by atoms with Crippen molar-refractivity contribution in [1.29, 1.82) is 0 Å². The minimum absolute atomic E-state index is 0.0790. The van der Waals surface area contributed by atoms with Crippen LogP contribution in [0.15, 0.2) is 48.6 Å². The van der Waals surface area contributed by atoms with Gasteiger partial charge in [0.05, 0.1) is 25.9 Å². The Labute approximate surface area is 322 Å². The van der Waals surface area contributed by atoms with E-state index in [2.05, 4.69) is 26.9 Å². The number of primary amides is 1. The summed E-state index contributed by atoms with van der Waals surface area (Å²) >= 11 is 0. The second-order valence-electron chi connectivity index (χ2n) is 17.5. The van der Waals surface area contributed by atoms with Gasteiger partial charge in [0, 0.05) is 84.0 Å². The molecule has 1 aromatic heterocycles. The number of amides is 1. The van der Waals surface area contributed by atoms with Gasteiger partial charge >= 0.3 is 5.97 Å². The average Bonchev–Trinajstić information content (AvgIpc) is 3.84. The summed E-state index contributed by atoms with van der Waals surface area (Å²) < 4.78 is 12.2. The molecule has 3 fully saturated rings. The maximum atomic E-state index is 15.2. The highest BCUT2D eigenvalue weighted by Gasteiger charge is 2.78. The number of aliphatic hydroxyl groups excluding tert-OH is 1. The third-order valence-corrected chi connectivity index (χ3v) is 15.2. The molecular formula is C43H55N5O7. The van der Waals surface area contributed by atoms with Crippen LogP contribution in [0.4, 0.5) is 5.69 Å². The first kappa shape index (κ1) is 36.7. The van der Waals surface area contributed by atoms with Crippen LogP contribution in [-0.4, -0.2) is 125 Å². The van der Waals surface area contributed by atoms with Crippen LogP contribution in [0.3, 0.4) is 0 Å². The van der Waals surface area contributed by atoms with E-state index in [0.717, 1.165) is 46.5 Å². The number of anilines is 1. The summed E-state index contributed by atoms with van der Waals surface area (Å²) in [7, 11) is 4.89.